The second kappa shape index (κ2) is 7.91. The van der Waals surface area contributed by atoms with E-state index in [1.165, 1.54) is 0 Å². The van der Waals surface area contributed by atoms with Gasteiger partial charge in [0, 0.05) is 16.6 Å². The summed E-state index contributed by atoms with van der Waals surface area (Å²) in [6.07, 6.45) is 4.64. The van der Waals surface area contributed by atoms with E-state index in [2.05, 4.69) is 32.7 Å². The van der Waals surface area contributed by atoms with Gasteiger partial charge in [0.1, 0.15) is 18.0 Å². The van der Waals surface area contributed by atoms with E-state index in [1.54, 1.807) is 20.8 Å². The van der Waals surface area contributed by atoms with E-state index in [1.807, 2.05) is 18.2 Å². The zero-order valence-electron chi connectivity index (χ0n) is 12.3. The van der Waals surface area contributed by atoms with Crippen molar-refractivity contribution in [2.24, 2.45) is 0 Å². The largest absolute Gasteiger partial charge is 0.481 e. The zero-order chi connectivity index (χ0) is 15.9. The van der Waals surface area contributed by atoms with Crippen LogP contribution in [0.15, 0.2) is 22.7 Å². The minimum Gasteiger partial charge on any atom is -0.481 e. The molecule has 21 heavy (non-hydrogen) atoms. The molecule has 0 aliphatic carbocycles. The van der Waals surface area contributed by atoms with E-state index < -0.39 is 11.7 Å². The van der Waals surface area contributed by atoms with Crippen molar-refractivity contribution in [3.63, 3.8) is 0 Å². The fraction of sp³-hybridized carbons (Fsp3) is 0.400. The summed E-state index contributed by atoms with van der Waals surface area (Å²) in [5, 5.41) is 0. The summed E-state index contributed by atoms with van der Waals surface area (Å²) in [4.78, 5) is 11.5. The van der Waals surface area contributed by atoms with Crippen LogP contribution in [0.25, 0.3) is 0 Å². The lowest BCUT2D eigenvalue weighted by molar-refractivity contribution is 0.0496. The molecule has 5 nitrogen and oxygen atoms in total. The molecule has 0 fully saturated rings. The maximum atomic E-state index is 11.5. The monoisotopic (exact) mass is 354 g/mol. The third kappa shape index (κ3) is 7.02. The quantitative estimate of drug-likeness (QED) is 0.630. The van der Waals surface area contributed by atoms with Crippen LogP contribution >= 0.6 is 15.9 Å². The summed E-state index contributed by atoms with van der Waals surface area (Å²) in [7, 11) is 0. The molecule has 0 unspecified atom stereocenters. The molecule has 0 heterocycles. The number of nitrogens with one attached hydrogen (secondary N) is 2. The van der Waals surface area contributed by atoms with Gasteiger partial charge in [0.2, 0.25) is 0 Å². The van der Waals surface area contributed by atoms with E-state index in [9.17, 15) is 4.79 Å². The Balaban J connectivity index is 2.56. The molecular formula is C15H19BrN2O3. The predicted molar refractivity (Wildman–Crippen MR) is 84.7 cm³/mol. The Hall–Kier alpha value is -1.71. The molecule has 0 bridgehead atoms. The maximum absolute atomic E-state index is 11.5. The van der Waals surface area contributed by atoms with E-state index >= 15 is 0 Å². The molecule has 1 amide bonds. The zero-order valence-corrected chi connectivity index (χ0v) is 13.9. The lowest BCUT2D eigenvalue weighted by Gasteiger charge is -2.20. The fourth-order valence-electron chi connectivity index (χ4n) is 1.46. The molecule has 0 saturated carbocycles. The second-order valence-corrected chi connectivity index (χ2v) is 6.14. The number of carbonyl (C=O) groups excluding carboxylic acids is 1. The van der Waals surface area contributed by atoms with Crippen LogP contribution in [0.1, 0.15) is 26.3 Å². The molecule has 1 rings (SSSR count). The van der Waals surface area contributed by atoms with Gasteiger partial charge in [-0.1, -0.05) is 21.9 Å². The molecule has 1 aromatic rings. The molecule has 0 aliphatic rings. The standard InChI is InChI=1S/C15H19BrN2O3/c1-5-8-20-13-7-6-12(16)9-11(13)10-17-18-14(19)21-15(2,3)4/h1,6-7,9,17H,8,10H2,2-4H3,(H,18,19). The second-order valence-electron chi connectivity index (χ2n) is 5.23. The van der Waals surface area contributed by atoms with Gasteiger partial charge in [0.15, 0.2) is 0 Å². The van der Waals surface area contributed by atoms with Crippen LogP contribution < -0.4 is 15.6 Å². The Morgan fingerprint density at radius 3 is 2.76 bits per heavy atom. The molecule has 0 spiro atoms. The number of halogens is 1. The highest BCUT2D eigenvalue weighted by atomic mass is 79.9. The molecule has 114 valence electrons. The van der Waals surface area contributed by atoms with Crippen molar-refractivity contribution in [3.8, 4) is 18.1 Å². The van der Waals surface area contributed by atoms with Gasteiger partial charge < -0.3 is 9.47 Å². The first kappa shape index (κ1) is 17.3. The van der Waals surface area contributed by atoms with Crippen LogP contribution in [-0.4, -0.2) is 18.3 Å². The minimum absolute atomic E-state index is 0.189. The van der Waals surface area contributed by atoms with Crippen LogP contribution in [-0.2, 0) is 11.3 Å². The number of benzene rings is 1. The fourth-order valence-corrected chi connectivity index (χ4v) is 1.87. The molecule has 0 aromatic heterocycles. The summed E-state index contributed by atoms with van der Waals surface area (Å²) in [6.45, 7) is 5.96. The Morgan fingerprint density at radius 2 is 2.14 bits per heavy atom. The number of terminal acetylenes is 1. The Labute approximate surface area is 133 Å². The molecular weight excluding hydrogens is 336 g/mol. The number of hydrogen-bond donors (Lipinski definition) is 2. The van der Waals surface area contributed by atoms with Crippen LogP contribution in [0.2, 0.25) is 0 Å². The topological polar surface area (TPSA) is 59.6 Å². The molecule has 6 heteroatoms. The van der Waals surface area contributed by atoms with Crippen LogP contribution in [0.5, 0.6) is 5.75 Å². The van der Waals surface area contributed by atoms with Gasteiger partial charge in [0.25, 0.3) is 0 Å². The van der Waals surface area contributed by atoms with Gasteiger partial charge in [-0.15, -0.1) is 6.42 Å². The van der Waals surface area contributed by atoms with Crippen molar-refractivity contribution < 1.29 is 14.3 Å². The van der Waals surface area contributed by atoms with E-state index in [-0.39, 0.29) is 6.61 Å². The summed E-state index contributed by atoms with van der Waals surface area (Å²) in [5.74, 6) is 3.08. The highest BCUT2D eigenvalue weighted by Crippen LogP contribution is 2.23. The third-order valence-corrected chi connectivity index (χ3v) is 2.69. The smallest absolute Gasteiger partial charge is 0.422 e. The lowest BCUT2D eigenvalue weighted by atomic mass is 10.2. The van der Waals surface area contributed by atoms with Gasteiger partial charge >= 0.3 is 6.09 Å². The van der Waals surface area contributed by atoms with Gasteiger partial charge in [0.05, 0.1) is 0 Å². The minimum atomic E-state index is -0.539. The van der Waals surface area contributed by atoms with Crippen molar-refractivity contribution in [1.82, 2.24) is 10.9 Å². The molecule has 0 atom stereocenters. The molecule has 2 N–H and O–H groups in total. The number of ether oxygens (including phenoxy) is 2. The van der Waals surface area contributed by atoms with Gasteiger partial charge in [-0.2, -0.15) is 0 Å². The molecule has 1 aromatic carbocycles. The highest BCUT2D eigenvalue weighted by Gasteiger charge is 2.15. The van der Waals surface area contributed by atoms with Crippen LogP contribution in [0.3, 0.4) is 0 Å². The number of hydrazine groups is 1. The lowest BCUT2D eigenvalue weighted by Crippen LogP contribution is -2.40. The van der Waals surface area contributed by atoms with Crippen molar-refractivity contribution in [1.29, 1.82) is 0 Å². The predicted octanol–water partition coefficient (Wildman–Crippen LogP) is 2.99. The first-order valence-electron chi connectivity index (χ1n) is 6.38. The average molecular weight is 355 g/mol. The first-order chi connectivity index (χ1) is 9.81. The first-order valence-corrected chi connectivity index (χ1v) is 7.17. The molecule has 0 aliphatic heterocycles. The Morgan fingerprint density at radius 1 is 1.43 bits per heavy atom. The van der Waals surface area contributed by atoms with Crippen molar-refractivity contribution in [2.45, 2.75) is 32.9 Å². The third-order valence-electron chi connectivity index (χ3n) is 2.20. The van der Waals surface area contributed by atoms with Crippen molar-refractivity contribution in [3.05, 3.63) is 28.2 Å². The number of amides is 1. The number of carbonyl (C=O) groups is 1. The van der Waals surface area contributed by atoms with E-state index in [0.29, 0.717) is 12.3 Å². The highest BCUT2D eigenvalue weighted by molar-refractivity contribution is 9.10. The Kier molecular flexibility index (Phi) is 6.53. The summed E-state index contributed by atoms with van der Waals surface area (Å²) < 4.78 is 11.5. The van der Waals surface area contributed by atoms with Crippen LogP contribution in [0, 0.1) is 12.3 Å². The van der Waals surface area contributed by atoms with E-state index in [0.717, 1.165) is 10.0 Å². The summed E-state index contributed by atoms with van der Waals surface area (Å²) in [6, 6.07) is 5.55. The van der Waals surface area contributed by atoms with Gasteiger partial charge in [-0.3, -0.25) is 5.43 Å². The number of rotatable bonds is 5. The average Bonchev–Trinajstić information content (AvgIpc) is 2.35. The summed E-state index contributed by atoms with van der Waals surface area (Å²) in [5.41, 5.74) is 5.58. The van der Waals surface area contributed by atoms with Crippen molar-refractivity contribution in [2.75, 3.05) is 6.61 Å². The SMILES string of the molecule is C#CCOc1ccc(Br)cc1CNNC(=O)OC(C)(C)C. The van der Waals surface area contributed by atoms with Crippen molar-refractivity contribution >= 4 is 22.0 Å². The van der Waals surface area contributed by atoms with Gasteiger partial charge in [-0.25, -0.2) is 10.2 Å². The summed E-state index contributed by atoms with van der Waals surface area (Å²) >= 11 is 3.39. The maximum Gasteiger partial charge on any atom is 0.422 e. The normalized spacial score (nSPS) is 10.6. The van der Waals surface area contributed by atoms with E-state index in [4.69, 9.17) is 15.9 Å². The van der Waals surface area contributed by atoms with Gasteiger partial charge in [-0.05, 0) is 39.0 Å². The van der Waals surface area contributed by atoms with Crippen LogP contribution in [0.4, 0.5) is 4.79 Å². The number of hydrogen-bond acceptors (Lipinski definition) is 4. The molecule has 0 saturated heterocycles. The molecule has 0 radical (unpaired) electrons. The Bertz CT molecular complexity index is 533.